The van der Waals surface area contributed by atoms with Crippen molar-refractivity contribution in [2.45, 2.75) is 44.7 Å². The second-order valence-corrected chi connectivity index (χ2v) is 11.5. The third kappa shape index (κ3) is 6.03. The number of rotatable bonds is 7. The summed E-state index contributed by atoms with van der Waals surface area (Å²) in [4.78, 5) is 39.6. The second-order valence-electron chi connectivity index (χ2n) is 11.5. The zero-order chi connectivity index (χ0) is 30.9. The number of hydrogen-bond donors (Lipinski definition) is 1. The molecule has 1 aliphatic heterocycles. The molecule has 13 heteroatoms. The first kappa shape index (κ1) is 28.7. The molecular formula is C32H32FN9O3. The van der Waals surface area contributed by atoms with Crippen LogP contribution in [0.4, 0.5) is 10.1 Å². The highest BCUT2D eigenvalue weighted by atomic mass is 19.1. The number of nitrogens with zero attached hydrogens (tertiary/aromatic N) is 8. The van der Waals surface area contributed by atoms with Crippen molar-refractivity contribution in [3.05, 3.63) is 83.7 Å². The van der Waals surface area contributed by atoms with Gasteiger partial charge in [0.2, 0.25) is 11.8 Å². The molecule has 230 valence electrons. The predicted molar refractivity (Wildman–Crippen MR) is 163 cm³/mol. The molecule has 12 nitrogen and oxygen atoms in total. The molecule has 2 aliphatic rings. The van der Waals surface area contributed by atoms with Crippen LogP contribution in [0.25, 0.3) is 22.6 Å². The molecule has 1 saturated heterocycles. The van der Waals surface area contributed by atoms with Crippen molar-refractivity contribution in [3.8, 4) is 11.5 Å². The van der Waals surface area contributed by atoms with E-state index in [0.717, 1.165) is 31.2 Å². The Morgan fingerprint density at radius 2 is 1.78 bits per heavy atom. The Bertz CT molecular complexity index is 1840. The predicted octanol–water partition coefficient (Wildman–Crippen LogP) is 4.64. The molecular weight excluding hydrogens is 577 g/mol. The fraction of sp³-hybridized carbons (Fsp3) is 0.344. The molecule has 3 aromatic heterocycles. The molecule has 5 aromatic rings. The monoisotopic (exact) mass is 609 g/mol. The molecule has 7 rings (SSSR count). The number of anilines is 1. The highest BCUT2D eigenvalue weighted by molar-refractivity contribution is 5.94. The molecule has 2 aromatic carbocycles. The molecule has 1 aliphatic carbocycles. The summed E-state index contributed by atoms with van der Waals surface area (Å²) in [6.45, 7) is 3.50. The van der Waals surface area contributed by atoms with E-state index < -0.39 is 0 Å². The SMILES string of the molecule is CC(=O)Nc1ccc2oc(-c3ccnc(C(=O)N4CCN(C(c5ccc(F)cc5)c5nnn(C6CCCC6)n5)CC4)c3)nc2c1. The number of piperazine rings is 1. The van der Waals surface area contributed by atoms with Crippen molar-refractivity contribution >= 4 is 28.6 Å². The standard InChI is InChI=1S/C32H32FN9O3/c1-20(43)35-24-10-11-28-26(19-24)36-31(45-28)22-12-13-34-27(18-22)32(44)41-16-14-40(15-17-41)29(21-6-8-23(33)9-7-21)30-37-39-42(38-30)25-4-2-3-5-25/h6-13,18-19,25,29H,2-5,14-17H2,1H3,(H,35,43). The van der Waals surface area contributed by atoms with E-state index in [2.05, 4.69) is 30.5 Å². The van der Waals surface area contributed by atoms with Gasteiger partial charge < -0.3 is 14.6 Å². The Labute approximate surface area is 258 Å². The number of pyridine rings is 1. The van der Waals surface area contributed by atoms with Gasteiger partial charge in [-0.2, -0.15) is 4.80 Å². The number of aromatic nitrogens is 6. The topological polar surface area (TPSA) is 135 Å². The summed E-state index contributed by atoms with van der Waals surface area (Å²) in [7, 11) is 0. The summed E-state index contributed by atoms with van der Waals surface area (Å²) < 4.78 is 19.8. The van der Waals surface area contributed by atoms with E-state index in [0.29, 0.717) is 65.9 Å². The Morgan fingerprint density at radius 3 is 2.53 bits per heavy atom. The van der Waals surface area contributed by atoms with Crippen LogP contribution in [0.1, 0.15) is 66.6 Å². The van der Waals surface area contributed by atoms with E-state index in [4.69, 9.17) is 9.52 Å². The zero-order valence-corrected chi connectivity index (χ0v) is 24.8. The van der Waals surface area contributed by atoms with Crippen molar-refractivity contribution in [3.63, 3.8) is 0 Å². The third-order valence-electron chi connectivity index (χ3n) is 8.43. The lowest BCUT2D eigenvalue weighted by Crippen LogP contribution is -2.50. The first-order valence-corrected chi connectivity index (χ1v) is 15.1. The van der Waals surface area contributed by atoms with Gasteiger partial charge in [-0.15, -0.1) is 10.2 Å². The number of benzene rings is 2. The van der Waals surface area contributed by atoms with Gasteiger partial charge in [0.05, 0.1) is 12.1 Å². The zero-order valence-electron chi connectivity index (χ0n) is 24.8. The maximum atomic E-state index is 13.8. The van der Waals surface area contributed by atoms with E-state index in [9.17, 15) is 14.0 Å². The smallest absolute Gasteiger partial charge is 0.272 e. The number of amides is 2. The Balaban J connectivity index is 1.07. The van der Waals surface area contributed by atoms with Crippen LogP contribution in [0.3, 0.4) is 0 Å². The van der Waals surface area contributed by atoms with Gasteiger partial charge in [-0.05, 0) is 66.1 Å². The minimum Gasteiger partial charge on any atom is -0.436 e. The summed E-state index contributed by atoms with van der Waals surface area (Å²) in [5.74, 6) is 0.254. The van der Waals surface area contributed by atoms with Crippen LogP contribution in [0.15, 0.2) is 65.2 Å². The van der Waals surface area contributed by atoms with Gasteiger partial charge in [0.1, 0.15) is 17.0 Å². The van der Waals surface area contributed by atoms with Gasteiger partial charge in [0.15, 0.2) is 11.4 Å². The first-order valence-electron chi connectivity index (χ1n) is 15.1. The number of carbonyl (C=O) groups excluding carboxylic acids is 2. The molecule has 4 heterocycles. The van der Waals surface area contributed by atoms with Gasteiger partial charge in [-0.25, -0.2) is 9.37 Å². The highest BCUT2D eigenvalue weighted by Gasteiger charge is 2.32. The summed E-state index contributed by atoms with van der Waals surface area (Å²) >= 11 is 0. The minimum atomic E-state index is -0.315. The van der Waals surface area contributed by atoms with Crippen molar-refractivity contribution < 1.29 is 18.4 Å². The van der Waals surface area contributed by atoms with Crippen molar-refractivity contribution in [2.75, 3.05) is 31.5 Å². The van der Waals surface area contributed by atoms with Crippen LogP contribution in [-0.4, -0.2) is 78.0 Å². The van der Waals surface area contributed by atoms with Crippen molar-refractivity contribution in [1.29, 1.82) is 0 Å². The number of nitrogens with one attached hydrogen (secondary N) is 1. The molecule has 1 N–H and O–H groups in total. The Kier molecular flexibility index (Phi) is 7.76. The van der Waals surface area contributed by atoms with Gasteiger partial charge in [-0.3, -0.25) is 19.5 Å². The quantitative estimate of drug-likeness (QED) is 0.280. The average molecular weight is 610 g/mol. The number of tetrazole rings is 1. The van der Waals surface area contributed by atoms with E-state index in [1.54, 1.807) is 58.4 Å². The fourth-order valence-corrected chi connectivity index (χ4v) is 6.16. The van der Waals surface area contributed by atoms with Gasteiger partial charge in [-0.1, -0.05) is 25.0 Å². The van der Waals surface area contributed by atoms with Crippen LogP contribution in [-0.2, 0) is 4.79 Å². The number of oxazole rings is 1. The molecule has 1 unspecified atom stereocenters. The maximum Gasteiger partial charge on any atom is 0.272 e. The van der Waals surface area contributed by atoms with Crippen LogP contribution in [0.5, 0.6) is 0 Å². The molecule has 1 saturated carbocycles. The molecule has 0 spiro atoms. The number of hydrogen-bond acceptors (Lipinski definition) is 9. The van der Waals surface area contributed by atoms with Crippen molar-refractivity contribution in [2.24, 2.45) is 0 Å². The Hall–Kier alpha value is -5.04. The van der Waals surface area contributed by atoms with Crippen molar-refractivity contribution in [1.82, 2.24) is 40.0 Å². The summed E-state index contributed by atoms with van der Waals surface area (Å²) in [5.41, 5.74) is 3.56. The van der Waals surface area contributed by atoms with Gasteiger partial charge in [0, 0.05) is 50.6 Å². The van der Waals surface area contributed by atoms with Crippen LogP contribution >= 0.6 is 0 Å². The lowest BCUT2D eigenvalue weighted by molar-refractivity contribution is -0.114. The average Bonchev–Trinajstić information content (AvgIpc) is 3.83. The van der Waals surface area contributed by atoms with Gasteiger partial charge in [0.25, 0.3) is 5.91 Å². The Morgan fingerprint density at radius 1 is 1.00 bits per heavy atom. The normalized spacial score (nSPS) is 16.7. The molecule has 2 fully saturated rings. The number of carbonyl (C=O) groups is 2. The van der Waals surface area contributed by atoms with E-state index in [1.807, 2.05) is 0 Å². The maximum absolute atomic E-state index is 13.8. The summed E-state index contributed by atoms with van der Waals surface area (Å²) in [6.07, 6.45) is 5.97. The van der Waals surface area contributed by atoms with E-state index in [1.165, 1.54) is 19.1 Å². The van der Waals surface area contributed by atoms with E-state index >= 15 is 0 Å². The molecule has 0 radical (unpaired) electrons. The molecule has 45 heavy (non-hydrogen) atoms. The number of halogens is 1. The first-order chi connectivity index (χ1) is 21.9. The lowest BCUT2D eigenvalue weighted by atomic mass is 10.0. The molecule has 0 bridgehead atoms. The highest BCUT2D eigenvalue weighted by Crippen LogP contribution is 2.31. The summed E-state index contributed by atoms with van der Waals surface area (Å²) in [6, 6.07) is 15.0. The van der Waals surface area contributed by atoms with Crippen LogP contribution in [0, 0.1) is 5.82 Å². The van der Waals surface area contributed by atoms with E-state index in [-0.39, 0.29) is 29.7 Å². The largest absolute Gasteiger partial charge is 0.436 e. The van der Waals surface area contributed by atoms with Crippen LogP contribution in [0.2, 0.25) is 0 Å². The molecule has 1 atom stereocenters. The second kappa shape index (κ2) is 12.2. The van der Waals surface area contributed by atoms with Gasteiger partial charge >= 0.3 is 0 Å². The van der Waals surface area contributed by atoms with Crippen LogP contribution < -0.4 is 5.32 Å². The minimum absolute atomic E-state index is 0.175. The fourth-order valence-electron chi connectivity index (χ4n) is 6.16. The molecule has 2 amide bonds. The summed E-state index contributed by atoms with van der Waals surface area (Å²) in [5, 5.41) is 16.3. The lowest BCUT2D eigenvalue weighted by Gasteiger charge is -2.38. The third-order valence-corrected chi connectivity index (χ3v) is 8.43. The number of fused-ring (bicyclic) bond motifs is 1.